The Morgan fingerprint density at radius 3 is 1.38 bits per heavy atom. The second-order valence-corrected chi connectivity index (χ2v) is 11.7. The first kappa shape index (κ1) is 33.0. The van der Waals surface area contributed by atoms with E-state index in [0.29, 0.717) is 5.41 Å². The van der Waals surface area contributed by atoms with Crippen LogP contribution in [-0.2, 0) is 30.8 Å². The Kier molecular flexibility index (Phi) is 12.4. The zero-order valence-electron chi connectivity index (χ0n) is 22.4. The van der Waals surface area contributed by atoms with Crippen molar-refractivity contribution >= 4 is 26.4 Å². The fourth-order valence-electron chi connectivity index (χ4n) is 3.87. The van der Waals surface area contributed by atoms with Gasteiger partial charge in [0, 0.05) is 0 Å². The summed E-state index contributed by atoms with van der Waals surface area (Å²) in [6.45, 7) is 20.3. The van der Waals surface area contributed by atoms with E-state index in [2.05, 4.69) is 128 Å². The maximum atomic E-state index is 3.25. The number of hydrogen-bond donors (Lipinski definition) is 0. The Balaban J connectivity index is 0.000000713. The van der Waals surface area contributed by atoms with E-state index >= 15 is 0 Å². The number of benzene rings is 2. The van der Waals surface area contributed by atoms with Gasteiger partial charge in [-0.25, -0.2) is 6.08 Å². The average Bonchev–Trinajstić information content (AvgIpc) is 3.35. The van der Waals surface area contributed by atoms with Crippen molar-refractivity contribution in [3.8, 4) is 0 Å². The summed E-state index contributed by atoms with van der Waals surface area (Å²) in [5, 5.41) is 5.48. The van der Waals surface area contributed by atoms with E-state index in [-0.39, 0.29) is 35.6 Å². The summed E-state index contributed by atoms with van der Waals surface area (Å²) in [5.41, 5.74) is 4.96. The van der Waals surface area contributed by atoms with E-state index in [1.165, 1.54) is 38.2 Å². The number of hydrogen-bond acceptors (Lipinski definition) is 0. The SMILES string of the molecule is CC(C)(C)C1=CC[C-]=C1.CC(C)(C)c1ccc2c(c1)[cH-]c1cc(C(C)(C)C)ccc12.[CH2]=[Ti+2].[Cl-].[Cl-]. The standard InChI is InChI=1S/C21H25.C9H13.CH2.2ClH.Ti/c1-20(2,3)16-7-9-18-14(12-16)11-15-13-17(21(4,5)6)8-10-19(15)18;1-9(2,3)8-6-4-5-7-8;;;;/h7-13H,1-6H3;6-7H,4H2,1-3H3;1H2;2*1H;/q2*-1;;;;+2/p-2. The van der Waals surface area contributed by atoms with Crippen LogP contribution >= 0.6 is 0 Å². The van der Waals surface area contributed by atoms with Crippen molar-refractivity contribution in [2.45, 2.75) is 79.6 Å². The molecule has 0 atom stereocenters. The topological polar surface area (TPSA) is 0 Å². The molecule has 0 N–H and O–H groups in total. The van der Waals surface area contributed by atoms with Gasteiger partial charge < -0.3 is 24.8 Å². The largest absolute Gasteiger partial charge is 1.00 e. The summed E-state index contributed by atoms with van der Waals surface area (Å²) in [4.78, 5) is 3.25. The first-order chi connectivity index (χ1) is 14.8. The molecule has 0 saturated carbocycles. The van der Waals surface area contributed by atoms with Gasteiger partial charge in [0.2, 0.25) is 0 Å². The third kappa shape index (κ3) is 8.27. The summed E-state index contributed by atoms with van der Waals surface area (Å²) in [7, 11) is 0. The summed E-state index contributed by atoms with van der Waals surface area (Å²) < 4.78 is 0. The molecule has 0 spiro atoms. The van der Waals surface area contributed by atoms with E-state index in [4.69, 9.17) is 0 Å². The minimum absolute atomic E-state index is 0. The molecular formula is C31H40Cl2Ti-2. The fraction of sp³-hybridized carbons (Fsp3) is 0.419. The third-order valence-electron chi connectivity index (χ3n) is 6.00. The molecule has 0 radical (unpaired) electrons. The van der Waals surface area contributed by atoms with Crippen molar-refractivity contribution in [1.82, 2.24) is 0 Å². The molecule has 0 aliphatic heterocycles. The van der Waals surface area contributed by atoms with Crippen molar-refractivity contribution in [2.24, 2.45) is 5.41 Å². The van der Waals surface area contributed by atoms with Crippen LogP contribution in [0.2, 0.25) is 0 Å². The molecule has 0 heterocycles. The maximum absolute atomic E-state index is 3.25. The van der Waals surface area contributed by atoms with Crippen LogP contribution in [0.1, 0.15) is 79.9 Å². The smallest absolute Gasteiger partial charge is 1.00 e. The Bertz CT molecular complexity index is 1060. The van der Waals surface area contributed by atoms with Gasteiger partial charge in [-0.05, 0) is 10.8 Å². The second kappa shape index (κ2) is 12.8. The van der Waals surface area contributed by atoms with E-state index in [0.717, 1.165) is 6.42 Å². The van der Waals surface area contributed by atoms with Gasteiger partial charge in [0.25, 0.3) is 0 Å². The van der Waals surface area contributed by atoms with Crippen LogP contribution in [0.5, 0.6) is 0 Å². The third-order valence-corrected chi connectivity index (χ3v) is 6.00. The van der Waals surface area contributed by atoms with Gasteiger partial charge in [0.15, 0.2) is 0 Å². The Hall–Kier alpha value is -1.05. The van der Waals surface area contributed by atoms with Crippen molar-refractivity contribution in [3.05, 3.63) is 77.4 Å². The van der Waals surface area contributed by atoms with Crippen molar-refractivity contribution in [1.29, 1.82) is 0 Å². The molecule has 0 unspecified atom stereocenters. The van der Waals surface area contributed by atoms with Gasteiger partial charge >= 0.3 is 24.8 Å². The Morgan fingerprint density at radius 1 is 0.706 bits per heavy atom. The van der Waals surface area contributed by atoms with Gasteiger partial charge in [0.05, 0.1) is 0 Å². The van der Waals surface area contributed by atoms with E-state index in [1.54, 1.807) is 20.0 Å². The predicted octanol–water partition coefficient (Wildman–Crippen LogP) is 3.00. The molecule has 1 aliphatic carbocycles. The van der Waals surface area contributed by atoms with Crippen LogP contribution in [0.25, 0.3) is 21.5 Å². The van der Waals surface area contributed by atoms with Crippen molar-refractivity contribution in [3.63, 3.8) is 0 Å². The molecule has 3 aromatic carbocycles. The quantitative estimate of drug-likeness (QED) is 0.309. The number of fused-ring (bicyclic) bond motifs is 3. The first-order valence-electron chi connectivity index (χ1n) is 11.5. The molecule has 0 amide bonds. The van der Waals surface area contributed by atoms with Gasteiger partial charge in [-0.3, -0.25) is 6.08 Å². The normalized spacial score (nSPS) is 13.2. The van der Waals surface area contributed by atoms with Gasteiger partial charge in [-0.1, -0.05) is 103 Å². The molecule has 0 bridgehead atoms. The monoisotopic (exact) mass is 530 g/mol. The molecule has 184 valence electrons. The van der Waals surface area contributed by atoms with E-state index in [1.807, 2.05) is 0 Å². The molecule has 34 heavy (non-hydrogen) atoms. The fourth-order valence-corrected chi connectivity index (χ4v) is 3.87. The van der Waals surface area contributed by atoms with Crippen LogP contribution in [0.4, 0.5) is 0 Å². The minimum Gasteiger partial charge on any atom is -1.00 e. The van der Waals surface area contributed by atoms with Crippen molar-refractivity contribution < 1.29 is 44.8 Å². The van der Waals surface area contributed by atoms with Crippen LogP contribution in [0, 0.1) is 11.5 Å². The average molecular weight is 531 g/mol. The first-order valence-corrected chi connectivity index (χ1v) is 12.6. The predicted molar refractivity (Wildman–Crippen MR) is 142 cm³/mol. The van der Waals surface area contributed by atoms with Gasteiger partial charge in [-0.15, -0.1) is 46.2 Å². The molecule has 3 heteroatoms. The summed E-state index contributed by atoms with van der Waals surface area (Å²) >= 11 is 1.75. The Morgan fingerprint density at radius 2 is 1.12 bits per heavy atom. The molecule has 4 rings (SSSR count). The molecule has 0 saturated heterocycles. The molecule has 0 aromatic heterocycles. The molecule has 0 nitrogen and oxygen atoms in total. The maximum Gasteiger partial charge on any atom is -1.00 e. The van der Waals surface area contributed by atoms with Gasteiger partial charge in [0.1, 0.15) is 0 Å². The zero-order chi connectivity index (χ0) is 24.3. The van der Waals surface area contributed by atoms with Crippen LogP contribution in [-0.4, -0.2) is 4.82 Å². The molecule has 3 aromatic rings. The number of allylic oxidation sites excluding steroid dienone is 4. The van der Waals surface area contributed by atoms with Crippen LogP contribution < -0.4 is 24.8 Å². The summed E-state index contributed by atoms with van der Waals surface area (Å²) in [5.74, 6) is 0. The zero-order valence-corrected chi connectivity index (χ0v) is 25.4. The van der Waals surface area contributed by atoms with E-state index in [9.17, 15) is 0 Å². The van der Waals surface area contributed by atoms with E-state index < -0.39 is 0 Å². The summed E-state index contributed by atoms with van der Waals surface area (Å²) in [6, 6.07) is 16.2. The second-order valence-electron chi connectivity index (χ2n) is 11.7. The molecular weight excluding hydrogens is 491 g/mol. The summed E-state index contributed by atoms with van der Waals surface area (Å²) in [6.07, 6.45) is 8.50. The molecule has 0 fully saturated rings. The number of halogens is 2. The number of rotatable bonds is 0. The molecule has 1 aliphatic rings. The van der Waals surface area contributed by atoms with Gasteiger partial charge in [-0.2, -0.15) is 11.6 Å². The minimum atomic E-state index is 0. The Labute approximate surface area is 232 Å². The van der Waals surface area contributed by atoms with Crippen LogP contribution in [0.3, 0.4) is 0 Å². The van der Waals surface area contributed by atoms with Crippen molar-refractivity contribution in [2.75, 3.05) is 0 Å². The van der Waals surface area contributed by atoms with Crippen LogP contribution in [0.15, 0.2) is 60.2 Å².